The number of fused-ring (bicyclic) bond motifs is 1. The number of rotatable bonds is 16. The fourth-order valence-corrected chi connectivity index (χ4v) is 4.78. The molecule has 0 aliphatic heterocycles. The molecular weight excluding hydrogens is 568 g/mol. The minimum absolute atomic E-state index is 0.000125. The number of aromatic nitrogens is 1. The van der Waals surface area contributed by atoms with Crippen LogP contribution in [0.5, 0.6) is 5.75 Å². The number of nitrogens with two attached hydrogens (primary N) is 2. The van der Waals surface area contributed by atoms with Crippen molar-refractivity contribution in [2.75, 3.05) is 0 Å². The topological polar surface area (TPSA) is 230 Å². The molecule has 10 N–H and O–H groups in total. The van der Waals surface area contributed by atoms with Crippen LogP contribution in [0.4, 0.5) is 0 Å². The quantitative estimate of drug-likeness (QED) is 0.116. The van der Waals surface area contributed by atoms with E-state index in [0.717, 1.165) is 16.5 Å². The number of benzene rings is 2. The minimum atomic E-state index is -1.43. The van der Waals surface area contributed by atoms with Gasteiger partial charge >= 0.3 is 5.97 Å². The lowest BCUT2D eigenvalue weighted by Gasteiger charge is -2.26. The van der Waals surface area contributed by atoms with Gasteiger partial charge in [-0.1, -0.05) is 44.2 Å². The average Bonchev–Trinajstić information content (AvgIpc) is 3.37. The minimum Gasteiger partial charge on any atom is -0.508 e. The first-order valence-corrected chi connectivity index (χ1v) is 14.3. The number of carbonyl (C=O) groups excluding carboxylic acids is 4. The second-order valence-corrected chi connectivity index (χ2v) is 11.2. The van der Waals surface area contributed by atoms with Crippen molar-refractivity contribution in [2.24, 2.45) is 17.4 Å². The maximum absolute atomic E-state index is 13.6. The highest BCUT2D eigenvalue weighted by atomic mass is 16.4. The second-order valence-electron chi connectivity index (χ2n) is 11.2. The fourth-order valence-electron chi connectivity index (χ4n) is 4.78. The van der Waals surface area contributed by atoms with E-state index in [4.69, 9.17) is 11.5 Å². The van der Waals surface area contributed by atoms with Gasteiger partial charge in [-0.15, -0.1) is 0 Å². The maximum Gasteiger partial charge on any atom is 0.326 e. The number of H-pyrrole nitrogens is 1. The molecule has 3 aromatic rings. The summed E-state index contributed by atoms with van der Waals surface area (Å²) in [6.07, 6.45) is 1.68. The third kappa shape index (κ3) is 9.83. The summed E-state index contributed by atoms with van der Waals surface area (Å²) < 4.78 is 0. The van der Waals surface area contributed by atoms with E-state index >= 15 is 0 Å². The standard InChI is InChI=1S/C31H40N6O7/c1-17(2)13-25(36-28(40)22(32)15-19-16-34-23-6-4-3-5-21(19)23)29(41)37-26(14-18-7-9-20(38)10-8-18)30(42)35-24(31(43)44)11-12-27(33)39/h3-10,16-17,22,24-26,34,38H,11-15,32H2,1-2H3,(H2,33,39)(H,35,42)(H,36,40)(H,37,41)(H,43,44). The Labute approximate surface area is 254 Å². The number of phenols is 1. The Morgan fingerprint density at radius 2 is 1.45 bits per heavy atom. The molecule has 0 saturated heterocycles. The SMILES string of the molecule is CC(C)CC(NC(=O)C(N)Cc1c[nH]c2ccccc12)C(=O)NC(Cc1ccc(O)cc1)C(=O)NC(CCC(N)=O)C(=O)O. The van der Waals surface area contributed by atoms with Crippen LogP contribution in [0, 0.1) is 5.92 Å². The first-order chi connectivity index (χ1) is 20.8. The molecule has 0 aliphatic rings. The second kappa shape index (κ2) is 15.5. The van der Waals surface area contributed by atoms with Crippen molar-refractivity contribution in [1.29, 1.82) is 0 Å². The van der Waals surface area contributed by atoms with Crippen LogP contribution in [0.1, 0.15) is 44.2 Å². The Bertz CT molecular complexity index is 1470. The lowest BCUT2D eigenvalue weighted by atomic mass is 9.99. The summed E-state index contributed by atoms with van der Waals surface area (Å²) in [4.78, 5) is 66.1. The summed E-state index contributed by atoms with van der Waals surface area (Å²) in [6.45, 7) is 3.74. The third-order valence-electron chi connectivity index (χ3n) is 7.09. The Morgan fingerprint density at radius 1 is 0.841 bits per heavy atom. The number of hydrogen-bond donors (Lipinski definition) is 8. The van der Waals surface area contributed by atoms with Gasteiger partial charge in [0.25, 0.3) is 0 Å². The van der Waals surface area contributed by atoms with Crippen LogP contribution in [-0.2, 0) is 36.8 Å². The van der Waals surface area contributed by atoms with Gasteiger partial charge in [0.2, 0.25) is 23.6 Å². The molecule has 0 fully saturated rings. The number of nitrogens with one attached hydrogen (secondary N) is 4. The molecule has 0 aliphatic carbocycles. The van der Waals surface area contributed by atoms with E-state index in [1.54, 1.807) is 18.3 Å². The Morgan fingerprint density at radius 3 is 2.09 bits per heavy atom. The zero-order valence-electron chi connectivity index (χ0n) is 24.7. The van der Waals surface area contributed by atoms with Crippen LogP contribution < -0.4 is 27.4 Å². The van der Waals surface area contributed by atoms with Gasteiger partial charge in [-0.2, -0.15) is 0 Å². The van der Waals surface area contributed by atoms with E-state index in [2.05, 4.69) is 20.9 Å². The molecule has 1 heterocycles. The first-order valence-electron chi connectivity index (χ1n) is 14.3. The van der Waals surface area contributed by atoms with Crippen LogP contribution in [0.15, 0.2) is 54.7 Å². The van der Waals surface area contributed by atoms with Crippen molar-refractivity contribution in [1.82, 2.24) is 20.9 Å². The van der Waals surface area contributed by atoms with Crippen LogP contribution in [0.2, 0.25) is 0 Å². The molecular formula is C31H40N6O7. The van der Waals surface area contributed by atoms with Crippen molar-refractivity contribution in [2.45, 2.75) is 70.1 Å². The number of carboxylic acid groups (broad SMARTS) is 1. The zero-order chi connectivity index (χ0) is 32.4. The number of amides is 4. The van der Waals surface area contributed by atoms with E-state index in [0.29, 0.717) is 5.56 Å². The van der Waals surface area contributed by atoms with Gasteiger partial charge in [-0.25, -0.2) is 4.79 Å². The number of aliphatic carboxylic acids is 1. The molecule has 4 unspecified atom stereocenters. The van der Waals surface area contributed by atoms with Crippen LogP contribution in [-0.4, -0.2) is 69.0 Å². The smallest absolute Gasteiger partial charge is 0.326 e. The summed E-state index contributed by atoms with van der Waals surface area (Å²) >= 11 is 0. The maximum atomic E-state index is 13.6. The van der Waals surface area contributed by atoms with E-state index in [-0.39, 0.29) is 43.8 Å². The van der Waals surface area contributed by atoms with E-state index in [1.165, 1.54) is 12.1 Å². The number of carboxylic acids is 1. The highest BCUT2D eigenvalue weighted by Gasteiger charge is 2.31. The van der Waals surface area contributed by atoms with E-state index < -0.39 is 53.8 Å². The molecule has 13 heteroatoms. The Balaban J connectivity index is 1.77. The molecule has 0 radical (unpaired) electrons. The van der Waals surface area contributed by atoms with Gasteiger partial charge in [0.05, 0.1) is 6.04 Å². The van der Waals surface area contributed by atoms with E-state index in [1.807, 2.05) is 38.1 Å². The van der Waals surface area contributed by atoms with Gasteiger partial charge in [0.1, 0.15) is 23.9 Å². The molecule has 2 aromatic carbocycles. The Hall–Kier alpha value is -4.91. The normalized spacial score (nSPS) is 13.9. The first kappa shape index (κ1) is 33.6. The summed E-state index contributed by atoms with van der Waals surface area (Å²) in [7, 11) is 0. The number of carbonyl (C=O) groups is 5. The molecule has 236 valence electrons. The predicted molar refractivity (Wildman–Crippen MR) is 163 cm³/mol. The molecule has 0 spiro atoms. The van der Waals surface area contributed by atoms with Crippen LogP contribution in [0.25, 0.3) is 10.9 Å². The molecule has 1 aromatic heterocycles. The largest absolute Gasteiger partial charge is 0.508 e. The number of para-hydroxylation sites is 1. The molecule has 4 amide bonds. The van der Waals surface area contributed by atoms with Crippen molar-refractivity contribution < 1.29 is 34.2 Å². The number of primary amides is 1. The molecule has 4 atom stereocenters. The van der Waals surface area contributed by atoms with Crippen molar-refractivity contribution in [3.8, 4) is 5.75 Å². The molecule has 0 saturated carbocycles. The summed E-state index contributed by atoms with van der Waals surface area (Å²) in [5.74, 6) is -4.14. The fraction of sp³-hybridized carbons (Fsp3) is 0.387. The summed E-state index contributed by atoms with van der Waals surface area (Å²) in [5.41, 5.74) is 13.7. The number of hydrogen-bond acceptors (Lipinski definition) is 7. The van der Waals surface area contributed by atoms with Crippen molar-refractivity contribution in [3.05, 3.63) is 65.9 Å². The lowest BCUT2D eigenvalue weighted by molar-refractivity contribution is -0.142. The number of phenolic OH excluding ortho intramolecular Hbond substituents is 1. The predicted octanol–water partition coefficient (Wildman–Crippen LogP) is 0.837. The van der Waals surface area contributed by atoms with Gasteiger partial charge in [0.15, 0.2) is 0 Å². The number of aromatic hydroxyl groups is 1. The highest BCUT2D eigenvalue weighted by Crippen LogP contribution is 2.19. The van der Waals surface area contributed by atoms with Crippen LogP contribution in [0.3, 0.4) is 0 Å². The van der Waals surface area contributed by atoms with Gasteiger partial charge in [0, 0.05) is 29.9 Å². The Kier molecular flexibility index (Phi) is 11.9. The lowest BCUT2D eigenvalue weighted by Crippen LogP contribution is -2.58. The van der Waals surface area contributed by atoms with Gasteiger partial charge < -0.3 is 42.6 Å². The summed E-state index contributed by atoms with van der Waals surface area (Å²) in [5, 5.41) is 27.9. The molecule has 3 rings (SSSR count). The third-order valence-corrected chi connectivity index (χ3v) is 7.09. The molecule has 0 bridgehead atoms. The van der Waals surface area contributed by atoms with Crippen LogP contribution >= 0.6 is 0 Å². The van der Waals surface area contributed by atoms with Gasteiger partial charge in [-0.3, -0.25) is 19.2 Å². The monoisotopic (exact) mass is 608 g/mol. The molecule has 44 heavy (non-hydrogen) atoms. The molecule has 13 nitrogen and oxygen atoms in total. The summed E-state index contributed by atoms with van der Waals surface area (Å²) in [6, 6.07) is 8.85. The van der Waals surface area contributed by atoms with Gasteiger partial charge in [-0.05, 0) is 54.5 Å². The average molecular weight is 609 g/mol. The zero-order valence-corrected chi connectivity index (χ0v) is 24.7. The number of aromatic amines is 1. The highest BCUT2D eigenvalue weighted by molar-refractivity contribution is 5.94. The van der Waals surface area contributed by atoms with Crippen molar-refractivity contribution >= 4 is 40.5 Å². The van der Waals surface area contributed by atoms with E-state index in [9.17, 15) is 34.2 Å². The van der Waals surface area contributed by atoms with Crippen molar-refractivity contribution in [3.63, 3.8) is 0 Å².